The molecule has 1 heterocycles. The molecular weight excluding hydrogens is 246 g/mol. The van der Waals surface area contributed by atoms with Crippen LogP contribution in [-0.4, -0.2) is 22.2 Å². The normalized spacial score (nSPS) is 32.0. The van der Waals surface area contributed by atoms with E-state index in [1.807, 2.05) is 12.1 Å². The number of likely N-dealkylation sites (tertiary alicyclic amines) is 1. The van der Waals surface area contributed by atoms with Crippen LogP contribution < -0.4 is 0 Å². The molecule has 2 heteroatoms. The van der Waals surface area contributed by atoms with Crippen molar-refractivity contribution < 1.29 is 5.11 Å². The molecule has 0 bridgehead atoms. The maximum absolute atomic E-state index is 10.8. The lowest BCUT2D eigenvalue weighted by atomic mass is 9.99. The van der Waals surface area contributed by atoms with E-state index in [2.05, 4.69) is 53.4 Å². The van der Waals surface area contributed by atoms with Crippen LogP contribution in [0.4, 0.5) is 0 Å². The Morgan fingerprint density at radius 2 is 1.65 bits per heavy atom. The minimum atomic E-state index is -0.490. The summed E-state index contributed by atoms with van der Waals surface area (Å²) in [5.74, 6) is 0.455. The third-order valence-corrected chi connectivity index (χ3v) is 4.76. The van der Waals surface area contributed by atoms with Gasteiger partial charge in [0.05, 0.1) is 11.6 Å². The van der Waals surface area contributed by atoms with Gasteiger partial charge in [-0.3, -0.25) is 4.90 Å². The first-order chi connectivity index (χ1) is 9.77. The summed E-state index contributed by atoms with van der Waals surface area (Å²) in [6.07, 6.45) is 0.956. The third-order valence-electron chi connectivity index (χ3n) is 4.76. The minimum Gasteiger partial charge on any atom is -0.388 e. The van der Waals surface area contributed by atoms with Crippen LogP contribution in [0.15, 0.2) is 60.7 Å². The summed E-state index contributed by atoms with van der Waals surface area (Å²) in [7, 11) is 0. The Bertz CT molecular complexity index is 597. The van der Waals surface area contributed by atoms with Crippen molar-refractivity contribution in [1.29, 1.82) is 0 Å². The number of fused-ring (bicyclic) bond motifs is 1. The van der Waals surface area contributed by atoms with Gasteiger partial charge in [0, 0.05) is 19.0 Å². The Morgan fingerprint density at radius 1 is 1.00 bits per heavy atom. The van der Waals surface area contributed by atoms with E-state index in [4.69, 9.17) is 0 Å². The van der Waals surface area contributed by atoms with Crippen LogP contribution in [0.3, 0.4) is 0 Å². The number of benzene rings is 2. The Hall–Kier alpha value is -1.64. The van der Waals surface area contributed by atoms with Crippen molar-refractivity contribution in [3.8, 4) is 0 Å². The average molecular weight is 265 g/mol. The quantitative estimate of drug-likeness (QED) is 0.922. The lowest BCUT2D eigenvalue weighted by molar-refractivity contribution is 0.0643. The zero-order valence-electron chi connectivity index (χ0n) is 11.4. The summed E-state index contributed by atoms with van der Waals surface area (Å²) in [6.45, 7) is 1.92. The van der Waals surface area contributed by atoms with E-state index in [-0.39, 0.29) is 6.04 Å². The molecule has 0 amide bonds. The Labute approximate surface area is 119 Å². The second-order valence-corrected chi connectivity index (χ2v) is 6.12. The van der Waals surface area contributed by atoms with E-state index in [9.17, 15) is 5.11 Å². The zero-order chi connectivity index (χ0) is 13.6. The maximum atomic E-state index is 10.8. The van der Waals surface area contributed by atoms with Gasteiger partial charge >= 0.3 is 0 Å². The first-order valence-electron chi connectivity index (χ1n) is 7.33. The molecule has 1 N–H and O–H groups in total. The van der Waals surface area contributed by atoms with Crippen molar-refractivity contribution >= 4 is 0 Å². The highest BCUT2D eigenvalue weighted by molar-refractivity contribution is 5.31. The molecule has 0 radical (unpaired) electrons. The molecule has 2 aliphatic rings. The number of piperidine rings is 1. The topological polar surface area (TPSA) is 23.5 Å². The molecule has 1 unspecified atom stereocenters. The molecular formula is C18H19NO. The molecule has 0 spiro atoms. The monoisotopic (exact) mass is 265 g/mol. The minimum absolute atomic E-state index is 0.147. The fourth-order valence-electron chi connectivity index (χ4n) is 3.71. The first kappa shape index (κ1) is 12.1. The van der Waals surface area contributed by atoms with Crippen LogP contribution in [0.5, 0.6) is 0 Å². The van der Waals surface area contributed by atoms with Gasteiger partial charge in [-0.15, -0.1) is 0 Å². The van der Waals surface area contributed by atoms with E-state index in [1.165, 1.54) is 11.1 Å². The van der Waals surface area contributed by atoms with Gasteiger partial charge in [-0.05, 0) is 17.5 Å². The smallest absolute Gasteiger partial charge is 0.0889 e. The lowest BCUT2D eigenvalue weighted by Gasteiger charge is -2.30. The van der Waals surface area contributed by atoms with E-state index >= 15 is 0 Å². The Morgan fingerprint density at radius 3 is 2.35 bits per heavy atom. The molecule has 1 aliphatic heterocycles. The fourth-order valence-corrected chi connectivity index (χ4v) is 3.71. The second-order valence-electron chi connectivity index (χ2n) is 6.12. The summed E-state index contributed by atoms with van der Waals surface area (Å²) in [6, 6.07) is 21.1. The van der Waals surface area contributed by atoms with E-state index < -0.39 is 5.60 Å². The van der Waals surface area contributed by atoms with Crippen molar-refractivity contribution in [2.45, 2.75) is 24.6 Å². The number of rotatable bonds is 3. The van der Waals surface area contributed by atoms with Gasteiger partial charge in [-0.25, -0.2) is 0 Å². The summed E-state index contributed by atoms with van der Waals surface area (Å²) in [5.41, 5.74) is 2.07. The van der Waals surface area contributed by atoms with Crippen LogP contribution in [0, 0.1) is 5.92 Å². The van der Waals surface area contributed by atoms with Gasteiger partial charge in [0.2, 0.25) is 0 Å². The van der Waals surface area contributed by atoms with Gasteiger partial charge in [0.1, 0.15) is 0 Å². The predicted molar refractivity (Wildman–Crippen MR) is 79.1 cm³/mol. The molecule has 1 aliphatic carbocycles. The van der Waals surface area contributed by atoms with Crippen LogP contribution in [0.1, 0.15) is 23.6 Å². The van der Waals surface area contributed by atoms with Crippen molar-refractivity contribution in [2.24, 2.45) is 5.92 Å². The van der Waals surface area contributed by atoms with E-state index in [0.29, 0.717) is 5.92 Å². The summed E-state index contributed by atoms with van der Waals surface area (Å²) < 4.78 is 0. The molecule has 20 heavy (non-hydrogen) atoms. The SMILES string of the molecule is O[C@@]12CC1CN(Cc1ccccc1)[C@H]2c1ccccc1. The molecule has 1 saturated heterocycles. The predicted octanol–water partition coefficient (Wildman–Crippen LogP) is 2.99. The van der Waals surface area contributed by atoms with Crippen molar-refractivity contribution in [3.05, 3.63) is 71.8 Å². The summed E-state index contributed by atoms with van der Waals surface area (Å²) >= 11 is 0. The maximum Gasteiger partial charge on any atom is 0.0889 e. The van der Waals surface area contributed by atoms with Crippen LogP contribution >= 0.6 is 0 Å². The van der Waals surface area contributed by atoms with Gasteiger partial charge in [-0.2, -0.15) is 0 Å². The highest BCUT2D eigenvalue weighted by Gasteiger charge is 2.65. The molecule has 102 valence electrons. The highest BCUT2D eigenvalue weighted by Crippen LogP contribution is 2.60. The molecule has 1 saturated carbocycles. The lowest BCUT2D eigenvalue weighted by Crippen LogP contribution is -2.31. The Balaban J connectivity index is 1.63. The molecule has 2 aromatic carbocycles. The molecule has 4 rings (SSSR count). The highest BCUT2D eigenvalue weighted by atomic mass is 16.3. The Kier molecular flexibility index (Phi) is 2.69. The standard InChI is InChI=1S/C18H19NO/c20-18-11-16(18)13-19(12-14-7-3-1-4-8-14)17(18)15-9-5-2-6-10-15/h1-10,16-17,20H,11-13H2/t16?,17-,18-/m0/s1. The first-order valence-corrected chi connectivity index (χ1v) is 7.33. The molecule has 2 fully saturated rings. The molecule has 2 aromatic rings. The summed E-state index contributed by atoms with van der Waals surface area (Å²) in [4.78, 5) is 2.43. The van der Waals surface area contributed by atoms with Crippen LogP contribution in [0.25, 0.3) is 0 Å². The number of hydrogen-bond acceptors (Lipinski definition) is 2. The molecule has 3 atom stereocenters. The number of hydrogen-bond donors (Lipinski definition) is 1. The van der Waals surface area contributed by atoms with Gasteiger partial charge in [-0.1, -0.05) is 60.7 Å². The van der Waals surface area contributed by atoms with E-state index in [0.717, 1.165) is 19.5 Å². The molecule has 2 nitrogen and oxygen atoms in total. The third kappa shape index (κ3) is 1.88. The van der Waals surface area contributed by atoms with Crippen LogP contribution in [-0.2, 0) is 6.54 Å². The van der Waals surface area contributed by atoms with Gasteiger partial charge < -0.3 is 5.11 Å². The van der Waals surface area contributed by atoms with Crippen molar-refractivity contribution in [3.63, 3.8) is 0 Å². The van der Waals surface area contributed by atoms with Crippen LogP contribution in [0.2, 0.25) is 0 Å². The average Bonchev–Trinajstić information content (AvgIpc) is 3.03. The van der Waals surface area contributed by atoms with Crippen molar-refractivity contribution in [1.82, 2.24) is 4.90 Å². The molecule has 0 aromatic heterocycles. The fraction of sp³-hybridized carbons (Fsp3) is 0.333. The number of aliphatic hydroxyl groups is 1. The van der Waals surface area contributed by atoms with E-state index in [1.54, 1.807) is 0 Å². The van der Waals surface area contributed by atoms with Gasteiger partial charge in [0.25, 0.3) is 0 Å². The summed E-state index contributed by atoms with van der Waals surface area (Å²) in [5, 5.41) is 10.8. The van der Waals surface area contributed by atoms with Gasteiger partial charge in [0.15, 0.2) is 0 Å². The second kappa shape index (κ2) is 4.44. The van der Waals surface area contributed by atoms with Crippen molar-refractivity contribution in [2.75, 3.05) is 6.54 Å². The zero-order valence-corrected chi connectivity index (χ0v) is 11.4. The number of nitrogens with zero attached hydrogens (tertiary/aromatic N) is 1. The largest absolute Gasteiger partial charge is 0.388 e.